The molecule has 15 heavy (non-hydrogen) atoms. The molecule has 1 rings (SSSR count). The zero-order valence-corrected chi connectivity index (χ0v) is 10.5. The van der Waals surface area contributed by atoms with E-state index in [4.69, 9.17) is 0 Å². The van der Waals surface area contributed by atoms with Crippen molar-refractivity contribution in [2.24, 2.45) is 4.99 Å². The highest BCUT2D eigenvalue weighted by atomic mass is 28.3. The quantitative estimate of drug-likeness (QED) is 0.408. The predicted octanol–water partition coefficient (Wildman–Crippen LogP) is 2.86. The summed E-state index contributed by atoms with van der Waals surface area (Å²) in [5, 5.41) is 0. The van der Waals surface area contributed by atoms with Gasteiger partial charge in [0.05, 0.1) is 12.8 Å². The van der Waals surface area contributed by atoms with Crippen LogP contribution >= 0.6 is 0 Å². The van der Waals surface area contributed by atoms with E-state index in [1.54, 1.807) is 0 Å². The van der Waals surface area contributed by atoms with Crippen LogP contribution in [0.25, 0.3) is 0 Å². The predicted molar refractivity (Wildman–Crippen MR) is 69.0 cm³/mol. The van der Waals surface area contributed by atoms with Gasteiger partial charge < -0.3 is 0 Å². The third-order valence-corrected chi connectivity index (χ3v) is 2.53. The Morgan fingerprint density at radius 1 is 1.13 bits per heavy atom. The Morgan fingerprint density at radius 2 is 1.80 bits per heavy atom. The van der Waals surface area contributed by atoms with Crippen molar-refractivity contribution in [3.8, 4) is 11.5 Å². The van der Waals surface area contributed by atoms with Crippen molar-refractivity contribution >= 4 is 14.3 Å². The molecule has 0 N–H and O–H groups in total. The molecule has 2 heteroatoms. The van der Waals surface area contributed by atoms with Gasteiger partial charge in [-0.05, 0) is 0 Å². The van der Waals surface area contributed by atoms with Crippen molar-refractivity contribution < 1.29 is 0 Å². The summed E-state index contributed by atoms with van der Waals surface area (Å²) < 4.78 is 0. The zero-order valence-electron chi connectivity index (χ0n) is 9.54. The van der Waals surface area contributed by atoms with Gasteiger partial charge >= 0.3 is 0 Å². The van der Waals surface area contributed by atoms with Gasteiger partial charge in [-0.1, -0.05) is 55.9 Å². The first-order chi connectivity index (χ1) is 7.08. The Morgan fingerprint density at radius 3 is 2.40 bits per heavy atom. The summed E-state index contributed by atoms with van der Waals surface area (Å²) in [4.78, 5) is 4.14. The minimum atomic E-state index is -1.24. The lowest BCUT2D eigenvalue weighted by Gasteiger charge is -2.02. The first-order valence-electron chi connectivity index (χ1n) is 5.05. The van der Waals surface area contributed by atoms with Crippen molar-refractivity contribution in [1.82, 2.24) is 0 Å². The van der Waals surface area contributed by atoms with Gasteiger partial charge in [-0.2, -0.15) is 0 Å². The van der Waals surface area contributed by atoms with Gasteiger partial charge in [0.2, 0.25) is 0 Å². The van der Waals surface area contributed by atoms with Gasteiger partial charge in [0.1, 0.15) is 8.07 Å². The Kier molecular flexibility index (Phi) is 4.32. The number of rotatable bonds is 2. The maximum Gasteiger partial charge on any atom is 0.129 e. The molecular formula is C13H16NSi. The van der Waals surface area contributed by atoms with Crippen molar-refractivity contribution in [2.75, 3.05) is 6.54 Å². The fourth-order valence-electron chi connectivity index (χ4n) is 0.988. The molecular weight excluding hydrogens is 198 g/mol. The summed E-state index contributed by atoms with van der Waals surface area (Å²) in [5.74, 6) is 3.08. The second kappa shape index (κ2) is 5.52. The molecule has 0 spiro atoms. The molecule has 1 radical (unpaired) electrons. The van der Waals surface area contributed by atoms with Crippen LogP contribution in [-0.2, 0) is 0 Å². The lowest BCUT2D eigenvalue weighted by Crippen LogP contribution is -2.16. The van der Waals surface area contributed by atoms with Crippen molar-refractivity contribution in [3.63, 3.8) is 0 Å². The van der Waals surface area contributed by atoms with Crippen LogP contribution in [-0.4, -0.2) is 20.8 Å². The summed E-state index contributed by atoms with van der Waals surface area (Å²) in [6.07, 6.45) is 2.97. The van der Waals surface area contributed by atoms with Crippen LogP contribution in [0.4, 0.5) is 0 Å². The molecule has 0 unspecified atom stereocenters. The second-order valence-corrected chi connectivity index (χ2v) is 9.10. The van der Waals surface area contributed by atoms with Crippen LogP contribution in [0, 0.1) is 11.5 Å². The molecule has 0 aliphatic carbocycles. The molecule has 0 saturated carbocycles. The monoisotopic (exact) mass is 214 g/mol. The number of aliphatic imine (C=N–C) groups is 1. The molecule has 77 valence electrons. The average molecular weight is 214 g/mol. The van der Waals surface area contributed by atoms with Crippen LogP contribution in [0.2, 0.25) is 19.6 Å². The third kappa shape index (κ3) is 5.87. The average Bonchev–Trinajstić information content (AvgIpc) is 2.17. The fourth-order valence-corrected chi connectivity index (χ4v) is 1.60. The Labute approximate surface area is 93.3 Å². The van der Waals surface area contributed by atoms with Gasteiger partial charge in [0.15, 0.2) is 0 Å². The Balaban J connectivity index is 2.44. The van der Waals surface area contributed by atoms with Gasteiger partial charge in [-0.25, -0.2) is 0 Å². The molecule has 0 heterocycles. The Hall–Kier alpha value is -1.33. The second-order valence-electron chi connectivity index (χ2n) is 4.35. The Bertz CT molecular complexity index is 376. The van der Waals surface area contributed by atoms with E-state index < -0.39 is 8.07 Å². The highest BCUT2D eigenvalue weighted by Crippen LogP contribution is 1.96. The van der Waals surface area contributed by atoms with E-state index in [9.17, 15) is 0 Å². The first-order valence-corrected chi connectivity index (χ1v) is 8.55. The lowest BCUT2D eigenvalue weighted by molar-refractivity contribution is 1.30. The topological polar surface area (TPSA) is 12.4 Å². The maximum absolute atomic E-state index is 4.14. The van der Waals surface area contributed by atoms with E-state index in [1.165, 1.54) is 0 Å². The van der Waals surface area contributed by atoms with Gasteiger partial charge in [0.25, 0.3) is 0 Å². The SMILES string of the molecule is C[Si](C)(C)C#CCN=[C]c1ccccc1. The molecule has 0 bridgehead atoms. The molecule has 0 fully saturated rings. The van der Waals surface area contributed by atoms with Gasteiger partial charge in [-0.3, -0.25) is 4.99 Å². The van der Waals surface area contributed by atoms with Crippen LogP contribution in [0.15, 0.2) is 35.3 Å². The van der Waals surface area contributed by atoms with Gasteiger partial charge in [0, 0.05) is 5.56 Å². The molecule has 1 nitrogen and oxygen atoms in total. The van der Waals surface area contributed by atoms with E-state index in [0.29, 0.717) is 6.54 Å². The largest absolute Gasteiger partial charge is 0.270 e. The van der Waals surface area contributed by atoms with Crippen molar-refractivity contribution in [2.45, 2.75) is 19.6 Å². The van der Waals surface area contributed by atoms with E-state index in [2.05, 4.69) is 42.3 Å². The maximum atomic E-state index is 4.14. The lowest BCUT2D eigenvalue weighted by atomic mass is 10.2. The van der Waals surface area contributed by atoms with E-state index in [0.717, 1.165) is 5.56 Å². The number of nitrogens with zero attached hydrogens (tertiary/aromatic N) is 1. The highest BCUT2D eigenvalue weighted by molar-refractivity contribution is 6.83. The normalized spacial score (nSPS) is 11.1. The summed E-state index contributed by atoms with van der Waals surface area (Å²) >= 11 is 0. The molecule has 1 aromatic rings. The van der Waals surface area contributed by atoms with Crippen molar-refractivity contribution in [3.05, 3.63) is 35.9 Å². The van der Waals surface area contributed by atoms with E-state index in [-0.39, 0.29) is 0 Å². The molecule has 0 atom stereocenters. The molecule has 0 amide bonds. The summed E-state index contributed by atoms with van der Waals surface area (Å²) in [5.41, 5.74) is 4.27. The smallest absolute Gasteiger partial charge is 0.129 e. The van der Waals surface area contributed by atoms with Crippen LogP contribution in [0.1, 0.15) is 5.56 Å². The fraction of sp³-hybridized carbons (Fsp3) is 0.308. The summed E-state index contributed by atoms with van der Waals surface area (Å²) in [6, 6.07) is 9.90. The standard InChI is InChI=1S/C13H16NSi/c1-15(2,3)11-7-10-14-12-13-8-5-4-6-9-13/h4-6,8-9H,10H2,1-3H3. The number of hydrogen-bond donors (Lipinski definition) is 0. The highest BCUT2D eigenvalue weighted by Gasteiger charge is 2.06. The minimum Gasteiger partial charge on any atom is -0.270 e. The molecule has 0 aliphatic rings. The summed E-state index contributed by atoms with van der Waals surface area (Å²) in [6.45, 7) is 7.24. The van der Waals surface area contributed by atoms with E-state index >= 15 is 0 Å². The molecule has 1 aromatic carbocycles. The minimum absolute atomic E-state index is 0.555. The van der Waals surface area contributed by atoms with Crippen LogP contribution in [0.3, 0.4) is 0 Å². The molecule has 0 aliphatic heterocycles. The molecule has 0 aromatic heterocycles. The first kappa shape index (κ1) is 11.7. The van der Waals surface area contributed by atoms with Crippen LogP contribution < -0.4 is 0 Å². The third-order valence-electron chi connectivity index (χ3n) is 1.60. The molecule has 0 saturated heterocycles. The van der Waals surface area contributed by atoms with Gasteiger partial charge in [-0.15, -0.1) is 5.54 Å². The summed E-state index contributed by atoms with van der Waals surface area (Å²) in [7, 11) is -1.24. The zero-order chi connectivity index (χ0) is 11.1. The van der Waals surface area contributed by atoms with Crippen LogP contribution in [0.5, 0.6) is 0 Å². The number of hydrogen-bond acceptors (Lipinski definition) is 1. The number of benzene rings is 1. The van der Waals surface area contributed by atoms with E-state index in [1.807, 2.05) is 30.3 Å². The van der Waals surface area contributed by atoms with Crippen molar-refractivity contribution in [1.29, 1.82) is 0 Å².